The van der Waals surface area contributed by atoms with Crippen LogP contribution in [0.25, 0.3) is 0 Å². The van der Waals surface area contributed by atoms with Crippen molar-refractivity contribution in [3.63, 3.8) is 0 Å². The maximum atomic E-state index is 16.0. The molecule has 1 aliphatic carbocycles. The molecule has 1 atom stereocenters. The van der Waals surface area contributed by atoms with Crippen LogP contribution >= 0.6 is 0 Å². The van der Waals surface area contributed by atoms with Gasteiger partial charge in [-0.25, -0.2) is 9.38 Å². The van der Waals surface area contributed by atoms with E-state index in [4.69, 9.17) is 0 Å². The van der Waals surface area contributed by atoms with Crippen molar-refractivity contribution in [2.24, 2.45) is 4.99 Å². The van der Waals surface area contributed by atoms with Gasteiger partial charge in [0, 0.05) is 24.0 Å². The van der Waals surface area contributed by atoms with Crippen molar-refractivity contribution in [3.8, 4) is 0 Å². The average Bonchev–Trinajstić information content (AvgIpc) is 2.94. The summed E-state index contributed by atoms with van der Waals surface area (Å²) in [5.74, 6) is -0.410. The average molecular weight is 343 g/mol. The van der Waals surface area contributed by atoms with Crippen molar-refractivity contribution in [2.75, 3.05) is 0 Å². The van der Waals surface area contributed by atoms with E-state index in [-0.39, 0.29) is 18.6 Å². The smallest absolute Gasteiger partial charge is 0.267 e. The maximum Gasteiger partial charge on any atom is 0.277 e. The fourth-order valence-electron chi connectivity index (χ4n) is 3.51. The molecule has 0 radical (unpaired) electrons. The number of carbonyl (C=O) groups is 1. The first kappa shape index (κ1) is 16.4. The van der Waals surface area contributed by atoms with E-state index in [0.29, 0.717) is 5.56 Å². The Morgan fingerprint density at radius 1 is 0.885 bits per heavy atom. The van der Waals surface area contributed by atoms with Gasteiger partial charge in [0.2, 0.25) is 0 Å². The SMILES string of the molecule is O=C(N=C1c2ccccc2CC1(F)Cc1ccccc1)c1ccccc1. The predicted molar refractivity (Wildman–Crippen MR) is 101 cm³/mol. The molecule has 3 aromatic rings. The number of hydrogen-bond acceptors (Lipinski definition) is 1. The fourth-order valence-corrected chi connectivity index (χ4v) is 3.51. The van der Waals surface area contributed by atoms with Crippen molar-refractivity contribution < 1.29 is 9.18 Å². The fraction of sp³-hybridized carbons (Fsp3) is 0.130. The molecule has 0 bridgehead atoms. The molecule has 0 saturated heterocycles. The lowest BCUT2D eigenvalue weighted by atomic mass is 9.91. The van der Waals surface area contributed by atoms with Gasteiger partial charge in [0.1, 0.15) is 0 Å². The third-order valence-electron chi connectivity index (χ3n) is 4.73. The number of alkyl halides is 1. The monoisotopic (exact) mass is 343 g/mol. The highest BCUT2D eigenvalue weighted by atomic mass is 19.1. The van der Waals surface area contributed by atoms with Crippen molar-refractivity contribution >= 4 is 11.6 Å². The third kappa shape index (κ3) is 3.08. The normalized spacial score (nSPS) is 20.1. The van der Waals surface area contributed by atoms with Crippen LogP contribution in [0, 0.1) is 0 Å². The summed E-state index contributed by atoms with van der Waals surface area (Å²) in [4.78, 5) is 16.8. The second-order valence-electron chi connectivity index (χ2n) is 6.59. The molecule has 0 aromatic heterocycles. The van der Waals surface area contributed by atoms with E-state index in [1.165, 1.54) is 0 Å². The van der Waals surface area contributed by atoms with Gasteiger partial charge in [-0.05, 0) is 23.3 Å². The quantitative estimate of drug-likeness (QED) is 0.670. The Bertz CT molecular complexity index is 966. The number of benzene rings is 3. The Kier molecular flexibility index (Phi) is 4.21. The van der Waals surface area contributed by atoms with Crippen LogP contribution in [0.2, 0.25) is 0 Å². The molecule has 0 heterocycles. The summed E-state index contributed by atoms with van der Waals surface area (Å²) in [6.45, 7) is 0. The number of hydrogen-bond donors (Lipinski definition) is 0. The lowest BCUT2D eigenvalue weighted by molar-refractivity contribution is 0.100. The number of aliphatic imine (C=N–C) groups is 1. The van der Waals surface area contributed by atoms with Gasteiger partial charge < -0.3 is 0 Å². The molecule has 0 saturated carbocycles. The molecule has 0 spiro atoms. The topological polar surface area (TPSA) is 29.4 Å². The van der Waals surface area contributed by atoms with E-state index >= 15 is 4.39 Å². The van der Waals surface area contributed by atoms with Gasteiger partial charge in [-0.15, -0.1) is 0 Å². The van der Waals surface area contributed by atoms with Gasteiger partial charge in [-0.2, -0.15) is 0 Å². The highest BCUT2D eigenvalue weighted by Crippen LogP contribution is 2.36. The molecule has 2 nitrogen and oxygen atoms in total. The van der Waals surface area contributed by atoms with Crippen LogP contribution in [0.4, 0.5) is 4.39 Å². The van der Waals surface area contributed by atoms with Crippen molar-refractivity contribution in [3.05, 3.63) is 107 Å². The second-order valence-corrected chi connectivity index (χ2v) is 6.59. The Morgan fingerprint density at radius 3 is 2.23 bits per heavy atom. The van der Waals surface area contributed by atoms with E-state index < -0.39 is 11.6 Å². The van der Waals surface area contributed by atoms with Crippen LogP contribution in [-0.4, -0.2) is 17.3 Å². The van der Waals surface area contributed by atoms with E-state index in [9.17, 15) is 4.79 Å². The summed E-state index contributed by atoms with van der Waals surface area (Å²) in [5.41, 5.74) is 1.54. The van der Waals surface area contributed by atoms with E-state index in [1.54, 1.807) is 24.3 Å². The first-order valence-electron chi connectivity index (χ1n) is 8.65. The molecule has 26 heavy (non-hydrogen) atoms. The highest BCUT2D eigenvalue weighted by molar-refractivity contribution is 6.17. The lowest BCUT2D eigenvalue weighted by Gasteiger charge is -2.21. The van der Waals surface area contributed by atoms with Crippen LogP contribution in [0.3, 0.4) is 0 Å². The zero-order valence-electron chi connectivity index (χ0n) is 14.2. The Morgan fingerprint density at radius 2 is 1.50 bits per heavy atom. The summed E-state index contributed by atoms with van der Waals surface area (Å²) >= 11 is 0. The first-order valence-corrected chi connectivity index (χ1v) is 8.65. The molecular weight excluding hydrogens is 325 g/mol. The molecule has 3 aromatic carbocycles. The van der Waals surface area contributed by atoms with Crippen LogP contribution in [0.1, 0.15) is 27.0 Å². The van der Waals surface area contributed by atoms with Crippen LogP contribution in [-0.2, 0) is 12.8 Å². The largest absolute Gasteiger partial charge is 0.277 e. The van der Waals surface area contributed by atoms with Crippen LogP contribution in [0.15, 0.2) is 89.9 Å². The van der Waals surface area contributed by atoms with Gasteiger partial charge in [0.15, 0.2) is 5.67 Å². The van der Waals surface area contributed by atoms with Crippen molar-refractivity contribution in [2.45, 2.75) is 18.5 Å². The minimum absolute atomic E-state index is 0.198. The Balaban J connectivity index is 1.76. The second kappa shape index (κ2) is 6.68. The molecule has 128 valence electrons. The van der Waals surface area contributed by atoms with E-state index in [2.05, 4.69) is 4.99 Å². The highest BCUT2D eigenvalue weighted by Gasteiger charge is 2.44. The van der Waals surface area contributed by atoms with Gasteiger partial charge in [0.05, 0.1) is 5.71 Å². The van der Waals surface area contributed by atoms with Gasteiger partial charge in [0.25, 0.3) is 5.91 Å². The molecule has 0 fully saturated rings. The summed E-state index contributed by atoms with van der Waals surface area (Å²) in [7, 11) is 0. The summed E-state index contributed by atoms with van der Waals surface area (Å²) in [6, 6.07) is 25.8. The minimum Gasteiger partial charge on any atom is -0.267 e. The lowest BCUT2D eigenvalue weighted by Crippen LogP contribution is -2.34. The molecule has 1 aliphatic rings. The Labute approximate surface area is 152 Å². The van der Waals surface area contributed by atoms with E-state index in [0.717, 1.165) is 16.7 Å². The molecular formula is C23H18FNO. The summed E-state index contributed by atoms with van der Waals surface area (Å²) in [6.07, 6.45) is 0.433. The van der Waals surface area contributed by atoms with Crippen LogP contribution in [0.5, 0.6) is 0 Å². The van der Waals surface area contributed by atoms with Gasteiger partial charge >= 0.3 is 0 Å². The number of carbonyl (C=O) groups excluding carboxylic acids is 1. The predicted octanol–water partition coefficient (Wildman–Crippen LogP) is 4.82. The number of halogens is 1. The molecule has 4 rings (SSSR count). The first-order chi connectivity index (χ1) is 12.7. The summed E-state index contributed by atoms with van der Waals surface area (Å²) < 4.78 is 16.0. The zero-order valence-corrected chi connectivity index (χ0v) is 14.2. The third-order valence-corrected chi connectivity index (χ3v) is 4.73. The Hall–Kier alpha value is -3.07. The van der Waals surface area contributed by atoms with Gasteiger partial charge in [-0.3, -0.25) is 4.79 Å². The molecule has 0 aliphatic heterocycles. The number of amides is 1. The molecule has 1 unspecified atom stereocenters. The number of rotatable bonds is 3. The maximum absolute atomic E-state index is 16.0. The molecule has 1 amide bonds. The number of nitrogens with zero attached hydrogens (tertiary/aromatic N) is 1. The van der Waals surface area contributed by atoms with Crippen LogP contribution < -0.4 is 0 Å². The number of fused-ring (bicyclic) bond motifs is 1. The van der Waals surface area contributed by atoms with E-state index in [1.807, 2.05) is 60.7 Å². The molecule has 3 heteroatoms. The standard InChI is InChI=1S/C23H18FNO/c24-23(15-17-9-3-1-4-10-17)16-19-13-7-8-14-20(19)21(23)25-22(26)18-11-5-2-6-12-18/h1-14H,15-16H2. The van der Waals surface area contributed by atoms with Gasteiger partial charge in [-0.1, -0.05) is 72.8 Å². The van der Waals surface area contributed by atoms with Crippen molar-refractivity contribution in [1.82, 2.24) is 0 Å². The molecule has 0 N–H and O–H groups in total. The zero-order chi connectivity index (χ0) is 18.0. The summed E-state index contributed by atoms with van der Waals surface area (Å²) in [5, 5.41) is 0. The van der Waals surface area contributed by atoms with Crippen molar-refractivity contribution in [1.29, 1.82) is 0 Å². The minimum atomic E-state index is -1.69.